The monoisotopic (exact) mass is 379 g/mol. The number of methoxy groups -OCH3 is 1. The van der Waals surface area contributed by atoms with Crippen molar-refractivity contribution in [1.29, 1.82) is 0 Å². The molecule has 5 heteroatoms. The number of piperazine rings is 1. The predicted molar refractivity (Wildman–Crippen MR) is 116 cm³/mol. The molecule has 1 heterocycles. The van der Waals surface area contributed by atoms with Crippen LogP contribution in [0.2, 0.25) is 0 Å². The SMILES string of the molecule is COCCN1CCN(c2ccc(NC(=O)/C(C)=C/c3ccccc3)cc2)CC1. The zero-order chi connectivity index (χ0) is 19.8. The largest absolute Gasteiger partial charge is 0.383 e. The average Bonchev–Trinajstić information content (AvgIpc) is 2.74. The number of hydrogen-bond acceptors (Lipinski definition) is 4. The van der Waals surface area contributed by atoms with E-state index in [1.54, 1.807) is 7.11 Å². The second-order valence-corrected chi connectivity index (χ2v) is 7.06. The molecule has 0 atom stereocenters. The lowest BCUT2D eigenvalue weighted by Gasteiger charge is -2.36. The van der Waals surface area contributed by atoms with Gasteiger partial charge in [-0.05, 0) is 42.8 Å². The highest BCUT2D eigenvalue weighted by molar-refractivity contribution is 6.06. The van der Waals surface area contributed by atoms with Crippen molar-refractivity contribution in [3.63, 3.8) is 0 Å². The molecule has 0 saturated carbocycles. The molecule has 1 amide bonds. The summed E-state index contributed by atoms with van der Waals surface area (Å²) in [4.78, 5) is 17.2. The highest BCUT2D eigenvalue weighted by Gasteiger charge is 2.16. The molecule has 1 aliphatic heterocycles. The number of carbonyl (C=O) groups is 1. The third-order valence-electron chi connectivity index (χ3n) is 5.02. The summed E-state index contributed by atoms with van der Waals surface area (Å²) in [6, 6.07) is 18.0. The maximum atomic E-state index is 12.4. The number of anilines is 2. The number of carbonyl (C=O) groups excluding carboxylic acids is 1. The zero-order valence-electron chi connectivity index (χ0n) is 16.7. The van der Waals surface area contributed by atoms with Crippen LogP contribution in [0.1, 0.15) is 12.5 Å². The molecule has 2 aromatic carbocycles. The molecule has 1 N–H and O–H groups in total. The molecular formula is C23H29N3O2. The Labute approximate surface area is 167 Å². The van der Waals surface area contributed by atoms with E-state index in [1.165, 1.54) is 5.69 Å². The number of hydrogen-bond donors (Lipinski definition) is 1. The van der Waals surface area contributed by atoms with E-state index in [0.29, 0.717) is 5.57 Å². The van der Waals surface area contributed by atoms with Gasteiger partial charge in [0.05, 0.1) is 6.61 Å². The summed E-state index contributed by atoms with van der Waals surface area (Å²) in [6.45, 7) is 7.72. The number of nitrogens with one attached hydrogen (secondary N) is 1. The van der Waals surface area contributed by atoms with Crippen molar-refractivity contribution in [1.82, 2.24) is 4.90 Å². The van der Waals surface area contributed by atoms with Gasteiger partial charge in [-0.15, -0.1) is 0 Å². The van der Waals surface area contributed by atoms with E-state index in [1.807, 2.05) is 55.5 Å². The van der Waals surface area contributed by atoms with E-state index in [9.17, 15) is 4.79 Å². The molecular weight excluding hydrogens is 350 g/mol. The van der Waals surface area contributed by atoms with Crippen LogP contribution < -0.4 is 10.2 Å². The lowest BCUT2D eigenvalue weighted by atomic mass is 10.1. The van der Waals surface area contributed by atoms with Crippen molar-refractivity contribution in [3.05, 3.63) is 65.7 Å². The number of rotatable bonds is 7. The third kappa shape index (κ3) is 5.68. The fourth-order valence-electron chi connectivity index (χ4n) is 3.30. The summed E-state index contributed by atoms with van der Waals surface area (Å²) in [7, 11) is 1.75. The number of nitrogens with zero attached hydrogens (tertiary/aromatic N) is 2. The van der Waals surface area contributed by atoms with E-state index in [0.717, 1.165) is 50.6 Å². The lowest BCUT2D eigenvalue weighted by Crippen LogP contribution is -2.47. The van der Waals surface area contributed by atoms with Crippen LogP contribution in [0.25, 0.3) is 6.08 Å². The first-order valence-electron chi connectivity index (χ1n) is 9.77. The van der Waals surface area contributed by atoms with E-state index >= 15 is 0 Å². The van der Waals surface area contributed by atoms with Crippen molar-refractivity contribution in [2.75, 3.05) is 56.7 Å². The fourth-order valence-corrected chi connectivity index (χ4v) is 3.30. The predicted octanol–water partition coefficient (Wildman–Crippen LogP) is 3.50. The normalized spacial score (nSPS) is 15.5. The quantitative estimate of drug-likeness (QED) is 0.748. The minimum Gasteiger partial charge on any atom is -0.383 e. The van der Waals surface area contributed by atoms with Crippen molar-refractivity contribution in [3.8, 4) is 0 Å². The first-order valence-corrected chi connectivity index (χ1v) is 9.77. The first-order chi connectivity index (χ1) is 13.7. The Morgan fingerprint density at radius 3 is 2.36 bits per heavy atom. The lowest BCUT2D eigenvalue weighted by molar-refractivity contribution is -0.112. The molecule has 1 fully saturated rings. The van der Waals surface area contributed by atoms with Gasteiger partial charge in [0.15, 0.2) is 0 Å². The molecule has 1 aliphatic rings. The van der Waals surface area contributed by atoms with Crippen LogP contribution in [0.5, 0.6) is 0 Å². The van der Waals surface area contributed by atoms with E-state index in [4.69, 9.17) is 4.74 Å². The number of ether oxygens (including phenoxy) is 1. The van der Waals surface area contributed by atoms with Gasteiger partial charge in [-0.3, -0.25) is 9.69 Å². The zero-order valence-corrected chi connectivity index (χ0v) is 16.7. The second-order valence-electron chi connectivity index (χ2n) is 7.06. The van der Waals surface area contributed by atoms with E-state index < -0.39 is 0 Å². The highest BCUT2D eigenvalue weighted by atomic mass is 16.5. The Morgan fingerprint density at radius 1 is 1.04 bits per heavy atom. The van der Waals surface area contributed by atoms with Gasteiger partial charge < -0.3 is 15.0 Å². The van der Waals surface area contributed by atoms with Crippen LogP contribution in [0.4, 0.5) is 11.4 Å². The molecule has 5 nitrogen and oxygen atoms in total. The summed E-state index contributed by atoms with van der Waals surface area (Å²) in [5, 5.41) is 2.97. The van der Waals surface area contributed by atoms with Gasteiger partial charge in [0.25, 0.3) is 5.91 Å². The second kappa shape index (κ2) is 10.1. The van der Waals surface area contributed by atoms with Crippen LogP contribution in [0.3, 0.4) is 0 Å². The summed E-state index contributed by atoms with van der Waals surface area (Å²) in [6.07, 6.45) is 1.90. The fraction of sp³-hybridized carbons (Fsp3) is 0.348. The first kappa shape index (κ1) is 20.1. The molecule has 1 saturated heterocycles. The summed E-state index contributed by atoms with van der Waals surface area (Å²) in [5.74, 6) is -0.0802. The van der Waals surface area contributed by atoms with Crippen LogP contribution in [0, 0.1) is 0 Å². The number of benzene rings is 2. The van der Waals surface area contributed by atoms with Crippen LogP contribution in [-0.4, -0.2) is 57.2 Å². The van der Waals surface area contributed by atoms with Crippen LogP contribution in [-0.2, 0) is 9.53 Å². The maximum absolute atomic E-state index is 12.4. The average molecular weight is 380 g/mol. The molecule has 2 aromatic rings. The Kier molecular flexibility index (Phi) is 7.23. The maximum Gasteiger partial charge on any atom is 0.251 e. The Hall–Kier alpha value is -2.63. The molecule has 0 aliphatic carbocycles. The van der Waals surface area contributed by atoms with Crippen molar-refractivity contribution >= 4 is 23.4 Å². The van der Waals surface area contributed by atoms with Gasteiger partial charge >= 0.3 is 0 Å². The third-order valence-corrected chi connectivity index (χ3v) is 5.02. The standard InChI is InChI=1S/C23H29N3O2/c1-19(18-20-6-4-3-5-7-20)23(27)24-21-8-10-22(11-9-21)26-14-12-25(13-15-26)16-17-28-2/h3-11,18H,12-17H2,1-2H3,(H,24,27)/b19-18+. The van der Waals surface area contributed by atoms with Gasteiger partial charge in [0.2, 0.25) is 0 Å². The van der Waals surface area contributed by atoms with Gasteiger partial charge in [0, 0.05) is 56.8 Å². The molecule has 0 unspecified atom stereocenters. The van der Waals surface area contributed by atoms with E-state index in [2.05, 4.69) is 27.2 Å². The Morgan fingerprint density at radius 2 is 1.71 bits per heavy atom. The number of amides is 1. The molecule has 0 radical (unpaired) electrons. The summed E-state index contributed by atoms with van der Waals surface area (Å²) < 4.78 is 5.16. The molecule has 0 aromatic heterocycles. The molecule has 0 spiro atoms. The Balaban J connectivity index is 1.53. The summed E-state index contributed by atoms with van der Waals surface area (Å²) >= 11 is 0. The van der Waals surface area contributed by atoms with E-state index in [-0.39, 0.29) is 5.91 Å². The highest BCUT2D eigenvalue weighted by Crippen LogP contribution is 2.20. The minimum absolute atomic E-state index is 0.0802. The van der Waals surface area contributed by atoms with Crippen molar-refractivity contribution in [2.45, 2.75) is 6.92 Å². The Bertz CT molecular complexity index is 779. The topological polar surface area (TPSA) is 44.8 Å². The summed E-state index contributed by atoms with van der Waals surface area (Å²) in [5.41, 5.74) is 3.71. The minimum atomic E-state index is -0.0802. The molecule has 148 valence electrons. The van der Waals surface area contributed by atoms with Crippen LogP contribution >= 0.6 is 0 Å². The van der Waals surface area contributed by atoms with Crippen LogP contribution in [0.15, 0.2) is 60.2 Å². The van der Waals surface area contributed by atoms with Gasteiger partial charge in [-0.2, -0.15) is 0 Å². The van der Waals surface area contributed by atoms with Gasteiger partial charge in [-0.1, -0.05) is 30.3 Å². The van der Waals surface area contributed by atoms with Crippen molar-refractivity contribution in [2.24, 2.45) is 0 Å². The molecule has 28 heavy (non-hydrogen) atoms. The van der Waals surface area contributed by atoms with Gasteiger partial charge in [-0.25, -0.2) is 0 Å². The van der Waals surface area contributed by atoms with Crippen molar-refractivity contribution < 1.29 is 9.53 Å². The smallest absolute Gasteiger partial charge is 0.251 e. The molecule has 0 bridgehead atoms. The van der Waals surface area contributed by atoms with Gasteiger partial charge in [0.1, 0.15) is 0 Å². The molecule has 3 rings (SSSR count).